The summed E-state index contributed by atoms with van der Waals surface area (Å²) >= 11 is 6.17. The molecule has 2 rings (SSSR count). The third-order valence-corrected chi connectivity index (χ3v) is 4.21. The average Bonchev–Trinajstić information content (AvgIpc) is 2.71. The molecule has 0 amide bonds. The van der Waals surface area contributed by atoms with Crippen LogP contribution < -0.4 is 0 Å². The monoisotopic (exact) mass is 255 g/mol. The lowest BCUT2D eigenvalue weighted by atomic mass is 9.84. The van der Waals surface area contributed by atoms with Gasteiger partial charge < -0.3 is 0 Å². The molecule has 1 aliphatic carbocycles. The summed E-state index contributed by atoms with van der Waals surface area (Å²) in [5.74, 6) is 1.98. The Morgan fingerprint density at radius 3 is 2.47 bits per heavy atom. The number of hydrogen-bond donors (Lipinski definition) is 0. The molecule has 0 aromatic carbocycles. The van der Waals surface area contributed by atoms with Crippen LogP contribution in [0.25, 0.3) is 0 Å². The van der Waals surface area contributed by atoms with Crippen LogP contribution in [-0.2, 0) is 6.42 Å². The number of nitrogens with zero attached hydrogens (tertiary/aromatic N) is 3. The molecule has 0 aliphatic heterocycles. The van der Waals surface area contributed by atoms with Gasteiger partial charge in [0.2, 0.25) is 5.28 Å². The van der Waals surface area contributed by atoms with Crippen molar-refractivity contribution in [2.75, 3.05) is 0 Å². The van der Waals surface area contributed by atoms with Crippen molar-refractivity contribution in [3.8, 4) is 0 Å². The van der Waals surface area contributed by atoms with Gasteiger partial charge >= 0.3 is 0 Å². The lowest BCUT2D eigenvalue weighted by Gasteiger charge is -2.29. The molecule has 0 N–H and O–H groups in total. The number of hydrogen-bond acceptors (Lipinski definition) is 2. The maximum atomic E-state index is 6.17. The van der Waals surface area contributed by atoms with Gasteiger partial charge in [-0.25, -0.2) is 0 Å². The van der Waals surface area contributed by atoms with Gasteiger partial charge in [0.15, 0.2) is 0 Å². The fourth-order valence-corrected chi connectivity index (χ4v) is 3.14. The van der Waals surface area contributed by atoms with Gasteiger partial charge in [-0.2, -0.15) is 0 Å². The van der Waals surface area contributed by atoms with Crippen LogP contribution >= 0.6 is 11.6 Å². The predicted octanol–water partition coefficient (Wildman–Crippen LogP) is 4.03. The van der Waals surface area contributed by atoms with E-state index in [2.05, 4.69) is 28.6 Å². The van der Waals surface area contributed by atoms with Crippen LogP contribution in [0.5, 0.6) is 0 Å². The molecule has 0 spiro atoms. The van der Waals surface area contributed by atoms with E-state index < -0.39 is 0 Å². The van der Waals surface area contributed by atoms with E-state index >= 15 is 0 Å². The minimum absolute atomic E-state index is 0.529. The number of aromatic nitrogens is 3. The lowest BCUT2D eigenvalue weighted by Crippen LogP contribution is -2.19. The third kappa shape index (κ3) is 2.82. The maximum absolute atomic E-state index is 6.17. The molecule has 3 nitrogen and oxygen atoms in total. The predicted molar refractivity (Wildman–Crippen MR) is 70.3 cm³/mol. The van der Waals surface area contributed by atoms with E-state index in [1.165, 1.54) is 32.1 Å². The molecule has 1 heterocycles. The van der Waals surface area contributed by atoms with E-state index in [9.17, 15) is 0 Å². The molecule has 1 aliphatic rings. The Bertz CT molecular complexity index is 354. The quantitative estimate of drug-likeness (QED) is 0.813. The van der Waals surface area contributed by atoms with Gasteiger partial charge in [0, 0.05) is 12.5 Å². The third-order valence-electron chi connectivity index (χ3n) is 3.96. The van der Waals surface area contributed by atoms with E-state index in [0.29, 0.717) is 11.3 Å². The Kier molecular flexibility index (Phi) is 4.43. The van der Waals surface area contributed by atoms with Crippen molar-refractivity contribution in [2.24, 2.45) is 5.92 Å². The molecule has 1 aromatic heterocycles. The fraction of sp³-hybridized carbons (Fsp3) is 0.846. The zero-order valence-electron chi connectivity index (χ0n) is 10.8. The van der Waals surface area contributed by atoms with Crippen molar-refractivity contribution < 1.29 is 0 Å². The molecule has 96 valence electrons. The average molecular weight is 256 g/mol. The molecule has 0 saturated heterocycles. The summed E-state index contributed by atoms with van der Waals surface area (Å²) < 4.78 is 2.18. The van der Waals surface area contributed by atoms with Gasteiger partial charge in [0.25, 0.3) is 0 Å². The molecular weight excluding hydrogens is 234 g/mol. The topological polar surface area (TPSA) is 30.7 Å². The van der Waals surface area contributed by atoms with Crippen LogP contribution in [0.3, 0.4) is 0 Å². The van der Waals surface area contributed by atoms with Crippen molar-refractivity contribution >= 4 is 11.6 Å². The second-order valence-corrected chi connectivity index (χ2v) is 5.43. The van der Waals surface area contributed by atoms with Gasteiger partial charge in [-0.3, -0.25) is 4.57 Å². The molecule has 1 fully saturated rings. The summed E-state index contributed by atoms with van der Waals surface area (Å²) in [6, 6.07) is 0.529. The normalized spacial score (nSPS) is 25.1. The Labute approximate surface area is 109 Å². The van der Waals surface area contributed by atoms with Crippen molar-refractivity contribution in [3.63, 3.8) is 0 Å². The minimum atomic E-state index is 0.529. The second kappa shape index (κ2) is 5.85. The highest BCUT2D eigenvalue weighted by atomic mass is 35.5. The number of aryl methyl sites for hydroxylation is 1. The van der Waals surface area contributed by atoms with Crippen molar-refractivity contribution in [1.82, 2.24) is 14.8 Å². The Hall–Kier alpha value is -0.570. The molecule has 1 aromatic rings. The smallest absolute Gasteiger partial charge is 0.225 e. The summed E-state index contributed by atoms with van der Waals surface area (Å²) in [5, 5.41) is 8.81. The van der Waals surface area contributed by atoms with Crippen LogP contribution in [0, 0.1) is 5.92 Å². The van der Waals surface area contributed by atoms with E-state index in [1.54, 1.807) is 0 Å². The van der Waals surface area contributed by atoms with Crippen molar-refractivity contribution in [1.29, 1.82) is 0 Å². The van der Waals surface area contributed by atoms with Gasteiger partial charge in [-0.05, 0) is 49.6 Å². The van der Waals surface area contributed by atoms with Gasteiger partial charge in [-0.1, -0.05) is 20.3 Å². The summed E-state index contributed by atoms with van der Waals surface area (Å²) in [6.07, 6.45) is 8.49. The fourth-order valence-electron chi connectivity index (χ4n) is 2.87. The first kappa shape index (κ1) is 12.9. The zero-order chi connectivity index (χ0) is 12.3. The molecular formula is C13H22ClN3. The molecule has 0 radical (unpaired) electrons. The second-order valence-electron chi connectivity index (χ2n) is 5.09. The van der Waals surface area contributed by atoms with Gasteiger partial charge in [0.1, 0.15) is 5.82 Å². The number of rotatable bonds is 4. The first-order valence-electron chi connectivity index (χ1n) is 6.85. The summed E-state index contributed by atoms with van der Waals surface area (Å²) in [6.45, 7) is 4.46. The van der Waals surface area contributed by atoms with E-state index in [0.717, 1.165) is 24.6 Å². The molecule has 4 heteroatoms. The Morgan fingerprint density at radius 2 is 1.88 bits per heavy atom. The Balaban J connectivity index is 2.09. The van der Waals surface area contributed by atoms with E-state index in [4.69, 9.17) is 11.6 Å². The molecule has 0 atom stereocenters. The first-order chi connectivity index (χ1) is 8.26. The molecule has 0 unspecified atom stereocenters. The summed E-state index contributed by atoms with van der Waals surface area (Å²) in [4.78, 5) is 0. The van der Waals surface area contributed by atoms with Crippen LogP contribution in [0.15, 0.2) is 0 Å². The van der Waals surface area contributed by atoms with Crippen molar-refractivity contribution in [3.05, 3.63) is 11.1 Å². The largest absolute Gasteiger partial charge is 0.299 e. The zero-order valence-corrected chi connectivity index (χ0v) is 11.6. The molecule has 17 heavy (non-hydrogen) atoms. The maximum Gasteiger partial charge on any atom is 0.225 e. The minimum Gasteiger partial charge on any atom is -0.299 e. The van der Waals surface area contributed by atoms with Crippen LogP contribution in [0.2, 0.25) is 5.28 Å². The molecule has 1 saturated carbocycles. The van der Waals surface area contributed by atoms with Gasteiger partial charge in [0.05, 0.1) is 0 Å². The van der Waals surface area contributed by atoms with E-state index in [-0.39, 0.29) is 0 Å². The highest BCUT2D eigenvalue weighted by molar-refractivity contribution is 6.28. The summed E-state index contributed by atoms with van der Waals surface area (Å²) in [7, 11) is 0. The first-order valence-corrected chi connectivity index (χ1v) is 7.23. The van der Waals surface area contributed by atoms with Crippen LogP contribution in [-0.4, -0.2) is 14.8 Å². The van der Waals surface area contributed by atoms with Crippen molar-refractivity contribution in [2.45, 2.75) is 64.8 Å². The van der Waals surface area contributed by atoms with Gasteiger partial charge in [-0.15, -0.1) is 10.2 Å². The highest BCUT2D eigenvalue weighted by Crippen LogP contribution is 2.35. The summed E-state index contributed by atoms with van der Waals surface area (Å²) in [5.41, 5.74) is 0. The van der Waals surface area contributed by atoms with E-state index in [1.807, 2.05) is 0 Å². The van der Waals surface area contributed by atoms with Crippen LogP contribution in [0.4, 0.5) is 0 Å². The molecule has 0 bridgehead atoms. The standard InChI is InChI=1S/C13H22ClN3/c1-3-5-12-15-16-13(14)17(12)11-8-6-10(4-2)7-9-11/h10-11H,3-9H2,1-2H3. The lowest BCUT2D eigenvalue weighted by molar-refractivity contribution is 0.265. The SMILES string of the molecule is CCCc1nnc(Cl)n1C1CCC(CC)CC1. The van der Waals surface area contributed by atoms with Crippen LogP contribution in [0.1, 0.15) is 64.2 Å². The Morgan fingerprint density at radius 1 is 1.18 bits per heavy atom. The number of halogens is 1. The highest BCUT2D eigenvalue weighted by Gasteiger charge is 2.25.